The van der Waals surface area contributed by atoms with E-state index in [-0.39, 0.29) is 18.2 Å². The summed E-state index contributed by atoms with van der Waals surface area (Å²) in [5, 5.41) is 2.95. The molecule has 3 aromatic rings. The van der Waals surface area contributed by atoms with Crippen molar-refractivity contribution in [1.82, 2.24) is 4.31 Å². The van der Waals surface area contributed by atoms with Crippen LogP contribution in [0.15, 0.2) is 84.9 Å². The summed E-state index contributed by atoms with van der Waals surface area (Å²) in [7, 11) is -3.41. The van der Waals surface area contributed by atoms with Crippen LogP contribution >= 0.6 is 0 Å². The molecule has 1 atom stereocenters. The predicted octanol–water partition coefficient (Wildman–Crippen LogP) is 5.09. The molecule has 0 radical (unpaired) electrons. The van der Waals surface area contributed by atoms with E-state index in [1.807, 2.05) is 72.8 Å². The van der Waals surface area contributed by atoms with E-state index in [9.17, 15) is 13.2 Å². The lowest BCUT2D eigenvalue weighted by atomic mass is 9.98. The first-order valence-electron chi connectivity index (χ1n) is 11.7. The van der Waals surface area contributed by atoms with Crippen molar-refractivity contribution in [2.75, 3.05) is 24.2 Å². The minimum absolute atomic E-state index is 0.0873. The normalized spacial score (nSPS) is 16.6. The molecule has 3 aromatic carbocycles. The number of sulfonamides is 1. The SMILES string of the molecule is O=C(Nc1ccccc1Oc1ccccc1)C1CCCN(S(=O)(=O)CCCc2ccccc2)C1. The van der Waals surface area contributed by atoms with Crippen molar-refractivity contribution in [3.8, 4) is 11.5 Å². The van der Waals surface area contributed by atoms with Gasteiger partial charge in [-0.3, -0.25) is 4.79 Å². The van der Waals surface area contributed by atoms with E-state index >= 15 is 0 Å². The third kappa shape index (κ3) is 6.46. The standard InChI is InChI=1S/C27H30N2O4S/c30-27(28-25-17-7-8-18-26(25)33-24-15-5-2-6-16-24)23-14-9-19-29(21-23)34(31,32)20-10-13-22-11-3-1-4-12-22/h1-8,11-12,15-18,23H,9-10,13-14,19-21H2,(H,28,30). The number of para-hydroxylation sites is 3. The van der Waals surface area contributed by atoms with E-state index in [0.29, 0.717) is 43.0 Å². The molecular formula is C27H30N2O4S. The van der Waals surface area contributed by atoms with Gasteiger partial charge in [-0.05, 0) is 55.5 Å². The average molecular weight is 479 g/mol. The average Bonchev–Trinajstić information content (AvgIpc) is 2.86. The maximum atomic E-state index is 13.1. The molecule has 1 fully saturated rings. The highest BCUT2D eigenvalue weighted by Crippen LogP contribution is 2.30. The van der Waals surface area contributed by atoms with E-state index in [4.69, 9.17) is 4.74 Å². The molecule has 1 amide bonds. The third-order valence-electron chi connectivity index (χ3n) is 5.97. The van der Waals surface area contributed by atoms with Gasteiger partial charge in [0.15, 0.2) is 5.75 Å². The van der Waals surface area contributed by atoms with Gasteiger partial charge in [0.2, 0.25) is 15.9 Å². The lowest BCUT2D eigenvalue weighted by Crippen LogP contribution is -2.44. The van der Waals surface area contributed by atoms with E-state index in [0.717, 1.165) is 12.0 Å². The van der Waals surface area contributed by atoms with Crippen molar-refractivity contribution in [2.45, 2.75) is 25.7 Å². The summed E-state index contributed by atoms with van der Waals surface area (Å²) >= 11 is 0. The molecule has 4 rings (SSSR count). The van der Waals surface area contributed by atoms with Crippen molar-refractivity contribution in [1.29, 1.82) is 0 Å². The Morgan fingerprint density at radius 1 is 0.941 bits per heavy atom. The van der Waals surface area contributed by atoms with E-state index in [1.165, 1.54) is 4.31 Å². The largest absolute Gasteiger partial charge is 0.455 e. The molecule has 0 aromatic heterocycles. The lowest BCUT2D eigenvalue weighted by molar-refractivity contribution is -0.120. The van der Waals surface area contributed by atoms with Crippen LogP contribution in [0.5, 0.6) is 11.5 Å². The number of aryl methyl sites for hydroxylation is 1. The van der Waals surface area contributed by atoms with Crippen LogP contribution < -0.4 is 10.1 Å². The zero-order chi connectivity index (χ0) is 23.8. The Hall–Kier alpha value is -3.16. The van der Waals surface area contributed by atoms with E-state index in [2.05, 4.69) is 5.32 Å². The molecule has 178 valence electrons. The molecule has 0 saturated carbocycles. The Morgan fingerprint density at radius 2 is 1.62 bits per heavy atom. The van der Waals surface area contributed by atoms with Crippen molar-refractivity contribution >= 4 is 21.6 Å². The summed E-state index contributed by atoms with van der Waals surface area (Å²) in [5.74, 6) is 0.720. The summed E-state index contributed by atoms with van der Waals surface area (Å²) < 4.78 is 33.3. The fourth-order valence-corrected chi connectivity index (χ4v) is 5.73. The molecule has 0 spiro atoms. The number of carbonyl (C=O) groups is 1. The minimum Gasteiger partial charge on any atom is -0.455 e. The molecular weight excluding hydrogens is 448 g/mol. The Balaban J connectivity index is 1.35. The predicted molar refractivity (Wildman–Crippen MR) is 134 cm³/mol. The van der Waals surface area contributed by atoms with Crippen LogP contribution in [0.2, 0.25) is 0 Å². The van der Waals surface area contributed by atoms with E-state index in [1.54, 1.807) is 12.1 Å². The molecule has 1 aliphatic heterocycles. The first-order valence-corrected chi connectivity index (χ1v) is 13.3. The van der Waals surface area contributed by atoms with Gasteiger partial charge in [-0.1, -0.05) is 60.7 Å². The maximum absolute atomic E-state index is 13.1. The molecule has 34 heavy (non-hydrogen) atoms. The van der Waals surface area contributed by atoms with Gasteiger partial charge in [-0.25, -0.2) is 12.7 Å². The lowest BCUT2D eigenvalue weighted by Gasteiger charge is -2.31. The summed E-state index contributed by atoms with van der Waals surface area (Å²) in [6, 6.07) is 26.5. The summed E-state index contributed by atoms with van der Waals surface area (Å²) in [4.78, 5) is 13.1. The van der Waals surface area contributed by atoms with Gasteiger partial charge in [-0.2, -0.15) is 0 Å². The molecule has 0 bridgehead atoms. The summed E-state index contributed by atoms with van der Waals surface area (Å²) in [6.07, 6.45) is 2.60. The number of amides is 1. The number of carbonyl (C=O) groups excluding carboxylic acids is 1. The van der Waals surface area contributed by atoms with Crippen LogP contribution in [-0.4, -0.2) is 37.5 Å². The van der Waals surface area contributed by atoms with Gasteiger partial charge in [0.25, 0.3) is 0 Å². The van der Waals surface area contributed by atoms with Gasteiger partial charge in [0.05, 0.1) is 17.4 Å². The van der Waals surface area contributed by atoms with E-state index < -0.39 is 15.9 Å². The number of nitrogens with one attached hydrogen (secondary N) is 1. The molecule has 1 unspecified atom stereocenters. The van der Waals surface area contributed by atoms with Gasteiger partial charge in [0.1, 0.15) is 5.75 Å². The van der Waals surface area contributed by atoms with Crippen LogP contribution in [0.1, 0.15) is 24.8 Å². The van der Waals surface area contributed by atoms with Crippen LogP contribution in [0.25, 0.3) is 0 Å². The number of rotatable bonds is 9. The number of hydrogen-bond donors (Lipinski definition) is 1. The monoisotopic (exact) mass is 478 g/mol. The molecule has 1 saturated heterocycles. The van der Waals surface area contributed by atoms with Gasteiger partial charge >= 0.3 is 0 Å². The van der Waals surface area contributed by atoms with Gasteiger partial charge in [0, 0.05) is 13.1 Å². The van der Waals surface area contributed by atoms with Crippen LogP contribution in [0.4, 0.5) is 5.69 Å². The molecule has 1 N–H and O–H groups in total. The third-order valence-corrected chi connectivity index (χ3v) is 7.90. The maximum Gasteiger partial charge on any atom is 0.228 e. The zero-order valence-electron chi connectivity index (χ0n) is 19.1. The molecule has 7 heteroatoms. The van der Waals surface area contributed by atoms with Crippen molar-refractivity contribution in [3.63, 3.8) is 0 Å². The quantitative estimate of drug-likeness (QED) is 0.465. The minimum atomic E-state index is -3.41. The highest BCUT2D eigenvalue weighted by atomic mass is 32.2. The summed E-state index contributed by atoms with van der Waals surface area (Å²) in [6.45, 7) is 0.673. The first kappa shape index (κ1) is 24.0. The summed E-state index contributed by atoms with van der Waals surface area (Å²) in [5.41, 5.74) is 1.70. The van der Waals surface area contributed by atoms with Crippen LogP contribution in [0, 0.1) is 5.92 Å². The molecule has 1 aliphatic rings. The number of piperidine rings is 1. The zero-order valence-corrected chi connectivity index (χ0v) is 19.9. The molecule has 1 heterocycles. The van der Waals surface area contributed by atoms with Crippen LogP contribution in [0.3, 0.4) is 0 Å². The number of hydrogen-bond acceptors (Lipinski definition) is 4. The topological polar surface area (TPSA) is 75.7 Å². The Morgan fingerprint density at radius 3 is 2.38 bits per heavy atom. The number of benzene rings is 3. The van der Waals surface area contributed by atoms with Gasteiger partial charge < -0.3 is 10.1 Å². The first-order chi connectivity index (χ1) is 16.5. The fourth-order valence-electron chi connectivity index (χ4n) is 4.15. The fraction of sp³-hybridized carbons (Fsp3) is 0.296. The second-order valence-electron chi connectivity index (χ2n) is 8.50. The second-order valence-corrected chi connectivity index (χ2v) is 10.6. The second kappa shape index (κ2) is 11.3. The highest BCUT2D eigenvalue weighted by Gasteiger charge is 2.32. The van der Waals surface area contributed by atoms with Crippen molar-refractivity contribution in [2.24, 2.45) is 5.92 Å². The van der Waals surface area contributed by atoms with Crippen molar-refractivity contribution < 1.29 is 17.9 Å². The van der Waals surface area contributed by atoms with Crippen molar-refractivity contribution in [3.05, 3.63) is 90.5 Å². The highest BCUT2D eigenvalue weighted by molar-refractivity contribution is 7.89. The number of ether oxygens (including phenoxy) is 1. The Bertz CT molecular complexity index is 1180. The van der Waals surface area contributed by atoms with Gasteiger partial charge in [-0.15, -0.1) is 0 Å². The number of nitrogens with zero attached hydrogens (tertiary/aromatic N) is 1. The Labute approximate surface area is 201 Å². The molecule has 0 aliphatic carbocycles. The Kier molecular flexibility index (Phi) is 7.98. The molecule has 6 nitrogen and oxygen atoms in total. The number of anilines is 1. The smallest absolute Gasteiger partial charge is 0.228 e. The van der Waals surface area contributed by atoms with Crippen LogP contribution in [-0.2, 0) is 21.2 Å².